The van der Waals surface area contributed by atoms with E-state index in [1.165, 1.54) is 0 Å². The summed E-state index contributed by atoms with van der Waals surface area (Å²) in [4.78, 5) is 22.6. The van der Waals surface area contributed by atoms with Crippen molar-refractivity contribution in [1.29, 1.82) is 0 Å². The predicted octanol–water partition coefficient (Wildman–Crippen LogP) is 3.30. The Kier molecular flexibility index (Phi) is 3.33. The minimum Gasteiger partial charge on any atom is -0.393 e. The van der Waals surface area contributed by atoms with Crippen molar-refractivity contribution in [2.75, 3.05) is 0 Å². The monoisotopic (exact) mass is 266 g/mol. The highest BCUT2D eigenvalue weighted by atomic mass is 16.6. The van der Waals surface area contributed by atoms with Gasteiger partial charge in [-0.05, 0) is 16.7 Å². The fourth-order valence-electron chi connectivity index (χ4n) is 2.50. The molecule has 1 aliphatic rings. The first-order chi connectivity index (χ1) is 9.72. The van der Waals surface area contributed by atoms with Crippen molar-refractivity contribution < 1.29 is 14.3 Å². The van der Waals surface area contributed by atoms with Crippen LogP contribution in [0.25, 0.3) is 11.1 Å². The molecule has 1 heterocycles. The summed E-state index contributed by atoms with van der Waals surface area (Å²) >= 11 is 0. The largest absolute Gasteiger partial charge is 0.393 e. The number of esters is 2. The Hall–Kier alpha value is -2.42. The van der Waals surface area contributed by atoms with Crippen molar-refractivity contribution in [3.05, 3.63) is 60.2 Å². The molecule has 0 spiro atoms. The molecule has 0 amide bonds. The standard InChI is InChI=1S/C17H14O3/c18-16-10-15(11-17(19)20-16)14-8-6-13(7-9-14)12-4-2-1-3-5-12/h1-9,15H,10-11H2. The van der Waals surface area contributed by atoms with Gasteiger partial charge in [0, 0.05) is 5.92 Å². The highest BCUT2D eigenvalue weighted by Gasteiger charge is 2.28. The van der Waals surface area contributed by atoms with Crippen LogP contribution in [-0.2, 0) is 14.3 Å². The molecule has 0 atom stereocenters. The maximum Gasteiger partial charge on any atom is 0.314 e. The molecule has 0 unspecified atom stereocenters. The first-order valence-electron chi connectivity index (χ1n) is 6.61. The van der Waals surface area contributed by atoms with Crippen LogP contribution in [0.5, 0.6) is 0 Å². The summed E-state index contributed by atoms with van der Waals surface area (Å²) in [5.41, 5.74) is 3.28. The SMILES string of the molecule is O=C1CC(c2ccc(-c3ccccc3)cc2)CC(=O)O1. The van der Waals surface area contributed by atoms with Gasteiger partial charge >= 0.3 is 11.9 Å². The van der Waals surface area contributed by atoms with Crippen LogP contribution in [0.4, 0.5) is 0 Å². The number of hydrogen-bond acceptors (Lipinski definition) is 3. The van der Waals surface area contributed by atoms with Crippen LogP contribution in [0.2, 0.25) is 0 Å². The number of carbonyl (C=O) groups excluding carboxylic acids is 2. The summed E-state index contributed by atoms with van der Waals surface area (Å²) in [7, 11) is 0. The zero-order chi connectivity index (χ0) is 13.9. The maximum absolute atomic E-state index is 11.3. The van der Waals surface area contributed by atoms with E-state index in [1.54, 1.807) is 0 Å². The first kappa shape index (κ1) is 12.6. The Morgan fingerprint density at radius 3 is 1.90 bits per heavy atom. The van der Waals surface area contributed by atoms with Gasteiger partial charge in [0.05, 0.1) is 12.8 Å². The molecular formula is C17H14O3. The van der Waals surface area contributed by atoms with E-state index in [1.807, 2.05) is 42.5 Å². The lowest BCUT2D eigenvalue weighted by Crippen LogP contribution is -2.24. The van der Waals surface area contributed by atoms with Crippen LogP contribution in [0.1, 0.15) is 24.3 Å². The summed E-state index contributed by atoms with van der Waals surface area (Å²) in [6.07, 6.45) is 0.548. The molecule has 1 saturated heterocycles. The lowest BCUT2D eigenvalue weighted by molar-refractivity contribution is -0.163. The highest BCUT2D eigenvalue weighted by molar-refractivity contribution is 5.89. The van der Waals surface area contributed by atoms with Gasteiger partial charge in [-0.15, -0.1) is 0 Å². The van der Waals surface area contributed by atoms with Crippen LogP contribution in [0.15, 0.2) is 54.6 Å². The van der Waals surface area contributed by atoms with Gasteiger partial charge in [-0.1, -0.05) is 54.6 Å². The molecule has 1 aliphatic heterocycles. The van der Waals surface area contributed by atoms with E-state index in [2.05, 4.69) is 16.9 Å². The molecule has 3 rings (SSSR count). The van der Waals surface area contributed by atoms with E-state index >= 15 is 0 Å². The molecule has 3 nitrogen and oxygen atoms in total. The number of ether oxygens (including phenoxy) is 1. The molecular weight excluding hydrogens is 252 g/mol. The van der Waals surface area contributed by atoms with Crippen LogP contribution >= 0.6 is 0 Å². The lowest BCUT2D eigenvalue weighted by atomic mass is 9.90. The molecule has 0 N–H and O–H groups in total. The number of benzene rings is 2. The molecule has 0 saturated carbocycles. The maximum atomic E-state index is 11.3. The van der Waals surface area contributed by atoms with E-state index in [-0.39, 0.29) is 18.8 Å². The summed E-state index contributed by atoms with van der Waals surface area (Å²) in [5, 5.41) is 0. The Bertz CT molecular complexity index is 613. The smallest absolute Gasteiger partial charge is 0.314 e. The molecule has 0 aromatic heterocycles. The third-order valence-electron chi connectivity index (χ3n) is 3.54. The van der Waals surface area contributed by atoms with Gasteiger partial charge in [0.25, 0.3) is 0 Å². The molecule has 20 heavy (non-hydrogen) atoms. The minimum atomic E-state index is -0.432. The quantitative estimate of drug-likeness (QED) is 0.618. The average molecular weight is 266 g/mol. The van der Waals surface area contributed by atoms with Gasteiger partial charge < -0.3 is 4.74 Å². The van der Waals surface area contributed by atoms with Gasteiger partial charge in [0.15, 0.2) is 0 Å². The Morgan fingerprint density at radius 2 is 1.30 bits per heavy atom. The summed E-state index contributed by atoms with van der Waals surface area (Å²) in [5.74, 6) is -0.926. The second kappa shape index (κ2) is 5.29. The highest BCUT2D eigenvalue weighted by Crippen LogP contribution is 2.29. The number of cyclic esters (lactones) is 2. The van der Waals surface area contributed by atoms with Crippen LogP contribution in [0.3, 0.4) is 0 Å². The fourth-order valence-corrected chi connectivity index (χ4v) is 2.50. The third-order valence-corrected chi connectivity index (χ3v) is 3.54. The number of rotatable bonds is 2. The first-order valence-corrected chi connectivity index (χ1v) is 6.61. The second-order valence-electron chi connectivity index (χ2n) is 4.94. The van der Waals surface area contributed by atoms with Gasteiger partial charge in [0.2, 0.25) is 0 Å². The lowest BCUT2D eigenvalue weighted by Gasteiger charge is -2.20. The topological polar surface area (TPSA) is 43.4 Å². The van der Waals surface area contributed by atoms with Crippen molar-refractivity contribution >= 4 is 11.9 Å². The predicted molar refractivity (Wildman–Crippen MR) is 75.0 cm³/mol. The van der Waals surface area contributed by atoms with Gasteiger partial charge in [-0.2, -0.15) is 0 Å². The zero-order valence-electron chi connectivity index (χ0n) is 10.9. The Labute approximate surface area is 117 Å². The van der Waals surface area contributed by atoms with Crippen LogP contribution in [0, 0.1) is 0 Å². The van der Waals surface area contributed by atoms with Crippen molar-refractivity contribution in [1.82, 2.24) is 0 Å². The van der Waals surface area contributed by atoms with Crippen LogP contribution in [-0.4, -0.2) is 11.9 Å². The number of hydrogen-bond donors (Lipinski definition) is 0. The molecule has 0 aliphatic carbocycles. The van der Waals surface area contributed by atoms with Gasteiger partial charge in [0.1, 0.15) is 0 Å². The van der Waals surface area contributed by atoms with Gasteiger partial charge in [-0.25, -0.2) is 0 Å². The summed E-state index contributed by atoms with van der Waals surface area (Å²) in [6, 6.07) is 18.1. The fraction of sp³-hybridized carbons (Fsp3) is 0.176. The Morgan fingerprint density at radius 1 is 0.750 bits per heavy atom. The second-order valence-corrected chi connectivity index (χ2v) is 4.94. The molecule has 1 fully saturated rings. The molecule has 100 valence electrons. The zero-order valence-corrected chi connectivity index (χ0v) is 10.9. The van der Waals surface area contributed by atoms with Crippen molar-refractivity contribution in [2.45, 2.75) is 18.8 Å². The average Bonchev–Trinajstić information content (AvgIpc) is 2.47. The molecule has 0 radical (unpaired) electrons. The van der Waals surface area contributed by atoms with Gasteiger partial charge in [-0.3, -0.25) is 9.59 Å². The van der Waals surface area contributed by atoms with E-state index in [4.69, 9.17) is 0 Å². The van der Waals surface area contributed by atoms with Crippen molar-refractivity contribution in [3.63, 3.8) is 0 Å². The molecule has 3 heteroatoms. The van der Waals surface area contributed by atoms with Crippen molar-refractivity contribution in [3.8, 4) is 11.1 Å². The number of carbonyl (C=O) groups is 2. The van der Waals surface area contributed by atoms with E-state index in [0.29, 0.717) is 0 Å². The summed E-state index contributed by atoms with van der Waals surface area (Å²) in [6.45, 7) is 0. The molecule has 2 aromatic carbocycles. The van der Waals surface area contributed by atoms with E-state index in [0.717, 1.165) is 16.7 Å². The third kappa shape index (κ3) is 2.62. The Balaban J connectivity index is 1.83. The summed E-state index contributed by atoms with van der Waals surface area (Å²) < 4.78 is 4.55. The van der Waals surface area contributed by atoms with E-state index in [9.17, 15) is 9.59 Å². The minimum absolute atomic E-state index is 0.0615. The van der Waals surface area contributed by atoms with Crippen molar-refractivity contribution in [2.24, 2.45) is 0 Å². The molecule has 0 bridgehead atoms. The van der Waals surface area contributed by atoms with E-state index < -0.39 is 11.9 Å². The normalized spacial score (nSPS) is 16.0. The molecule has 2 aromatic rings. The van der Waals surface area contributed by atoms with Crippen LogP contribution < -0.4 is 0 Å².